The first-order valence-electron chi connectivity index (χ1n) is 8.70. The number of nitrogens with zero attached hydrogens (tertiary/aromatic N) is 2. The molecule has 28 heavy (non-hydrogen) atoms. The second-order valence-electron chi connectivity index (χ2n) is 6.59. The molecule has 144 valence electrons. The summed E-state index contributed by atoms with van der Waals surface area (Å²) in [5.41, 5.74) is 0.578. The Morgan fingerprint density at radius 2 is 2.11 bits per heavy atom. The van der Waals surface area contributed by atoms with Gasteiger partial charge in [0.25, 0.3) is 0 Å². The van der Waals surface area contributed by atoms with E-state index in [-0.39, 0.29) is 24.0 Å². The van der Waals surface area contributed by atoms with Crippen molar-refractivity contribution >= 4 is 28.3 Å². The van der Waals surface area contributed by atoms with E-state index in [2.05, 4.69) is 20.8 Å². The van der Waals surface area contributed by atoms with E-state index in [9.17, 15) is 14.0 Å². The van der Waals surface area contributed by atoms with Gasteiger partial charge in [0, 0.05) is 18.5 Å². The Morgan fingerprint density at radius 3 is 2.82 bits per heavy atom. The zero-order chi connectivity index (χ0) is 19.7. The fraction of sp³-hybridized carbons (Fsp3) is 0.263. The van der Waals surface area contributed by atoms with Crippen molar-refractivity contribution in [2.24, 2.45) is 0 Å². The number of hydrogen-bond acceptors (Lipinski definition) is 6. The molecule has 0 bridgehead atoms. The molecule has 7 nitrogen and oxygen atoms in total. The minimum absolute atomic E-state index is 0.148. The molecule has 9 heteroatoms. The summed E-state index contributed by atoms with van der Waals surface area (Å²) in [5, 5.41) is 11.5. The molecule has 0 unspecified atom stereocenters. The van der Waals surface area contributed by atoms with E-state index in [1.807, 2.05) is 0 Å². The number of nitrogens with one attached hydrogen (secondary N) is 2. The van der Waals surface area contributed by atoms with Crippen LogP contribution in [-0.2, 0) is 21.4 Å². The smallest absolute Gasteiger partial charge is 0.238 e. The Morgan fingerprint density at radius 1 is 1.32 bits per heavy atom. The van der Waals surface area contributed by atoms with Crippen molar-refractivity contribution in [1.82, 2.24) is 15.5 Å². The number of anilines is 1. The summed E-state index contributed by atoms with van der Waals surface area (Å²) in [7, 11) is 1.56. The van der Waals surface area contributed by atoms with Crippen LogP contribution < -0.4 is 10.6 Å². The Hall–Kier alpha value is -3.07. The Balaban J connectivity index is 1.50. The highest BCUT2D eigenvalue weighted by Crippen LogP contribution is 2.49. The molecule has 0 aliphatic heterocycles. The average molecular weight is 400 g/mol. The summed E-state index contributed by atoms with van der Waals surface area (Å²) in [6, 6.07) is 7.86. The Labute approximate surface area is 164 Å². The maximum atomic E-state index is 14.0. The monoisotopic (exact) mass is 400 g/mol. The van der Waals surface area contributed by atoms with Crippen molar-refractivity contribution in [2.75, 3.05) is 12.4 Å². The van der Waals surface area contributed by atoms with Gasteiger partial charge in [-0.3, -0.25) is 9.59 Å². The van der Waals surface area contributed by atoms with Gasteiger partial charge in [-0.15, -0.1) is 11.3 Å². The summed E-state index contributed by atoms with van der Waals surface area (Å²) in [5.74, 6) is -0.507. The molecule has 2 heterocycles. The van der Waals surface area contributed by atoms with Crippen molar-refractivity contribution in [2.45, 2.75) is 24.7 Å². The van der Waals surface area contributed by atoms with E-state index in [4.69, 9.17) is 4.52 Å². The molecule has 1 aliphatic rings. The molecule has 1 saturated carbocycles. The van der Waals surface area contributed by atoms with Crippen molar-refractivity contribution < 1.29 is 18.5 Å². The maximum absolute atomic E-state index is 14.0. The number of benzene rings is 1. The van der Waals surface area contributed by atoms with Crippen LogP contribution in [0, 0.1) is 5.82 Å². The normalized spacial score (nSPS) is 14.5. The van der Waals surface area contributed by atoms with Gasteiger partial charge in [-0.25, -0.2) is 9.37 Å². The first-order chi connectivity index (χ1) is 13.5. The van der Waals surface area contributed by atoms with Crippen LogP contribution in [0.15, 0.2) is 40.2 Å². The fourth-order valence-electron chi connectivity index (χ4n) is 2.93. The van der Waals surface area contributed by atoms with E-state index in [0.717, 1.165) is 0 Å². The number of halogens is 1. The molecule has 4 rings (SSSR count). The molecule has 1 aliphatic carbocycles. The van der Waals surface area contributed by atoms with Gasteiger partial charge in [0.15, 0.2) is 10.9 Å². The van der Waals surface area contributed by atoms with E-state index >= 15 is 0 Å². The van der Waals surface area contributed by atoms with Gasteiger partial charge in [-0.1, -0.05) is 17.3 Å². The highest BCUT2D eigenvalue weighted by atomic mass is 32.1. The molecule has 1 fully saturated rings. The Kier molecular flexibility index (Phi) is 4.68. The van der Waals surface area contributed by atoms with Gasteiger partial charge >= 0.3 is 0 Å². The van der Waals surface area contributed by atoms with Gasteiger partial charge in [-0.2, -0.15) is 0 Å². The summed E-state index contributed by atoms with van der Waals surface area (Å²) in [6.07, 6.45) is 1.40. The largest absolute Gasteiger partial charge is 0.359 e. The zero-order valence-electron chi connectivity index (χ0n) is 15.0. The van der Waals surface area contributed by atoms with Gasteiger partial charge in [-0.05, 0) is 25.0 Å². The van der Waals surface area contributed by atoms with Crippen LogP contribution >= 0.6 is 11.3 Å². The first-order valence-corrected chi connectivity index (χ1v) is 9.58. The first kappa shape index (κ1) is 18.3. The predicted octanol–water partition coefficient (Wildman–Crippen LogP) is 2.90. The molecule has 1 aromatic carbocycles. The molecule has 0 atom stereocenters. The molecule has 0 radical (unpaired) electrons. The Bertz CT molecular complexity index is 1040. The van der Waals surface area contributed by atoms with E-state index in [1.165, 1.54) is 17.4 Å². The molecule has 0 spiro atoms. The highest BCUT2D eigenvalue weighted by Gasteiger charge is 2.54. The number of carbonyl (C=O) groups is 2. The van der Waals surface area contributed by atoms with Crippen molar-refractivity contribution in [3.05, 3.63) is 52.9 Å². The minimum Gasteiger partial charge on any atom is -0.359 e. The van der Waals surface area contributed by atoms with Crippen molar-refractivity contribution in [3.63, 3.8) is 0 Å². The van der Waals surface area contributed by atoms with E-state index < -0.39 is 11.2 Å². The minimum atomic E-state index is -0.792. The van der Waals surface area contributed by atoms with Crippen LogP contribution in [0.4, 0.5) is 9.52 Å². The topological polar surface area (TPSA) is 97.1 Å². The van der Waals surface area contributed by atoms with Crippen LogP contribution in [0.25, 0.3) is 11.3 Å². The van der Waals surface area contributed by atoms with Gasteiger partial charge in [0.1, 0.15) is 5.82 Å². The van der Waals surface area contributed by atoms with Crippen LogP contribution in [0.1, 0.15) is 24.2 Å². The number of thiazole rings is 1. The number of amides is 2. The molecule has 3 aromatic rings. The summed E-state index contributed by atoms with van der Waals surface area (Å²) in [4.78, 5) is 28.5. The molecule has 0 saturated heterocycles. The average Bonchev–Trinajstić information content (AvgIpc) is 3.15. The quantitative estimate of drug-likeness (QED) is 0.663. The summed E-state index contributed by atoms with van der Waals surface area (Å²) in [6.45, 7) is 0. The maximum Gasteiger partial charge on any atom is 0.238 e. The lowest BCUT2D eigenvalue weighted by atomic mass is 10.0. The van der Waals surface area contributed by atoms with Crippen molar-refractivity contribution in [1.29, 1.82) is 0 Å². The predicted molar refractivity (Wildman–Crippen MR) is 101 cm³/mol. The fourth-order valence-corrected chi connectivity index (χ4v) is 3.63. The number of carbonyl (C=O) groups excluding carboxylic acids is 2. The lowest BCUT2D eigenvalue weighted by Crippen LogP contribution is -2.28. The lowest BCUT2D eigenvalue weighted by Gasteiger charge is -2.10. The summed E-state index contributed by atoms with van der Waals surface area (Å²) >= 11 is 1.26. The number of rotatable bonds is 6. The van der Waals surface area contributed by atoms with Crippen LogP contribution in [0.5, 0.6) is 0 Å². The second-order valence-corrected chi connectivity index (χ2v) is 7.44. The SMILES string of the molecule is CNC(=O)Cc1csc(NC(=O)C2(c3cc(-c4ccccc4F)on3)CC2)n1. The lowest BCUT2D eigenvalue weighted by molar-refractivity contribution is -0.120. The van der Waals surface area contributed by atoms with Gasteiger partial charge < -0.3 is 15.2 Å². The number of aromatic nitrogens is 2. The molecule has 2 amide bonds. The third-order valence-corrected chi connectivity index (χ3v) is 5.52. The number of likely N-dealkylation sites (N-methyl/N-ethyl adjacent to an activating group) is 1. The van der Waals surface area contributed by atoms with E-state index in [0.29, 0.717) is 34.9 Å². The van der Waals surface area contributed by atoms with Gasteiger partial charge in [0.2, 0.25) is 11.8 Å². The third kappa shape index (κ3) is 3.40. The standard InChI is InChI=1S/C19H17FN4O3S/c1-21-16(25)8-11-10-28-18(22-11)23-17(26)19(6-7-19)15-9-14(27-24-15)12-4-2-3-5-13(12)20/h2-5,9-10H,6-8H2,1H3,(H,21,25)(H,22,23,26). The molecular weight excluding hydrogens is 383 g/mol. The van der Waals surface area contributed by atoms with Crippen LogP contribution in [-0.4, -0.2) is 29.0 Å². The van der Waals surface area contributed by atoms with E-state index in [1.54, 1.807) is 36.7 Å². The zero-order valence-corrected chi connectivity index (χ0v) is 15.8. The highest BCUT2D eigenvalue weighted by molar-refractivity contribution is 7.14. The van der Waals surface area contributed by atoms with Crippen LogP contribution in [0.3, 0.4) is 0 Å². The number of hydrogen-bond donors (Lipinski definition) is 2. The molecule has 2 N–H and O–H groups in total. The summed E-state index contributed by atoms with van der Waals surface area (Å²) < 4.78 is 19.2. The van der Waals surface area contributed by atoms with Crippen molar-refractivity contribution in [3.8, 4) is 11.3 Å². The molecular formula is C19H17FN4O3S. The van der Waals surface area contributed by atoms with Crippen LogP contribution in [0.2, 0.25) is 0 Å². The second kappa shape index (κ2) is 7.16. The van der Waals surface area contributed by atoms with Gasteiger partial charge in [0.05, 0.1) is 28.8 Å². The third-order valence-electron chi connectivity index (χ3n) is 4.72. The molecule has 2 aromatic heterocycles.